The third kappa shape index (κ3) is 94.4. The predicted octanol–water partition coefficient (Wildman–Crippen LogP) is -0.0325. The van der Waals surface area contributed by atoms with Crippen molar-refractivity contribution < 1.29 is 272 Å². The maximum absolute atomic E-state index is 0. The molecule has 0 aromatic rings. The summed E-state index contributed by atoms with van der Waals surface area (Å²) in [4.78, 5) is 0. The zero-order chi connectivity index (χ0) is 0. The zero-order valence-corrected chi connectivity index (χ0v) is 43.8. The van der Waals surface area contributed by atoms with Gasteiger partial charge in [-0.25, -0.2) is 0 Å². The van der Waals surface area contributed by atoms with Gasteiger partial charge in [0.15, 0.2) is 0 Å². The maximum atomic E-state index is 0. The maximum Gasteiger partial charge on any atom is 0 e. The van der Waals surface area contributed by atoms with E-state index in [1.54, 1.807) is 0 Å². The van der Waals surface area contributed by atoms with Crippen LogP contribution in [0.1, 0.15) is 0 Å². The minimum atomic E-state index is 0. The summed E-state index contributed by atoms with van der Waals surface area (Å²) in [7, 11) is 0. The molecule has 0 aliphatic rings. The fourth-order valence-corrected chi connectivity index (χ4v) is 0. The third-order valence-corrected chi connectivity index (χ3v) is 0. The Labute approximate surface area is 265 Å². The summed E-state index contributed by atoms with van der Waals surface area (Å²) in [5.74, 6) is 0. The van der Waals surface area contributed by atoms with Gasteiger partial charge in [-0.1, -0.05) is 0 Å². The smallest absolute Gasteiger partial charge is 0 e. The van der Waals surface area contributed by atoms with Crippen molar-refractivity contribution in [3.8, 4) is 0 Å². The fraction of sp³-hybridized carbons (Fsp3) is 0. The van der Waals surface area contributed by atoms with Gasteiger partial charge in [0.1, 0.15) is 0 Å². The van der Waals surface area contributed by atoms with E-state index in [0.717, 1.165) is 0 Å². The first-order valence-corrected chi connectivity index (χ1v) is 0. The number of hydrogen-bond acceptors (Lipinski definition) is 0. The second-order valence-corrected chi connectivity index (χ2v) is 0. The summed E-state index contributed by atoms with van der Waals surface area (Å²) in [6.07, 6.45) is 0. The molecule has 0 aliphatic heterocycles. The summed E-state index contributed by atoms with van der Waals surface area (Å²) in [5.41, 5.74) is 0. The molecule has 0 bridgehead atoms. The van der Waals surface area contributed by atoms with E-state index < -0.39 is 0 Å². The first-order chi connectivity index (χ1) is 0. The molecular weight excluding hydrogens is 2270 g/mol. The summed E-state index contributed by atoms with van der Waals surface area (Å²) >= 11 is 0. The topological polar surface area (TPSA) is 0 Å². The quantitative estimate of drug-likeness (QED) is 0.300. The van der Waals surface area contributed by atoms with Crippen LogP contribution in [-0.2, 0) is 272 Å². The Hall–Kier alpha value is 8.88. The molecule has 0 saturated heterocycles. The van der Waals surface area contributed by atoms with E-state index in [4.69, 9.17) is 0 Å². The molecule has 13 heavy (non-hydrogen) atoms. The molecule has 0 aliphatic carbocycles. The van der Waals surface area contributed by atoms with Crippen molar-refractivity contribution in [1.29, 1.82) is 0 Å². The van der Waals surface area contributed by atoms with Crippen LogP contribution in [0.15, 0.2) is 0 Å². The molecule has 0 saturated carbocycles. The van der Waals surface area contributed by atoms with E-state index in [1.165, 1.54) is 0 Å². The van der Waals surface area contributed by atoms with Gasteiger partial charge in [-0.3, -0.25) is 0 Å². The second kappa shape index (κ2) is 105. The number of rotatable bonds is 0. The van der Waals surface area contributed by atoms with Crippen molar-refractivity contribution in [2.45, 2.75) is 0 Å². The summed E-state index contributed by atoms with van der Waals surface area (Å²) in [6, 6.07) is 0. The molecule has 13 heteroatoms. The Morgan fingerprint density at radius 2 is 0.154 bits per heavy atom. The van der Waals surface area contributed by atoms with Crippen molar-refractivity contribution in [2.75, 3.05) is 0 Å². The first-order valence-electron chi connectivity index (χ1n) is 0. The minimum Gasteiger partial charge on any atom is 0 e. The monoisotopic (exact) mass is 2270 g/mol. The van der Waals surface area contributed by atoms with Crippen molar-refractivity contribution in [3.63, 3.8) is 0 Å². The van der Waals surface area contributed by atoms with Gasteiger partial charge in [-0.15, -0.1) is 0 Å². The van der Waals surface area contributed by atoms with Crippen LogP contribution in [0.5, 0.6) is 0 Å². The van der Waals surface area contributed by atoms with Crippen molar-refractivity contribution in [1.82, 2.24) is 0 Å². The largest absolute Gasteiger partial charge is 0 e. The molecular formula is W12Zn. The van der Waals surface area contributed by atoms with Crippen LogP contribution in [-0.4, -0.2) is 0 Å². The molecule has 0 amide bonds. The van der Waals surface area contributed by atoms with E-state index in [-0.39, 0.29) is 272 Å². The molecule has 0 atom stereocenters. The Morgan fingerprint density at radius 3 is 0.154 bits per heavy atom. The average Bonchev–Trinajstić information content (AvgIpc) is 0. The summed E-state index contributed by atoms with van der Waals surface area (Å²) in [6.45, 7) is 0. The van der Waals surface area contributed by atoms with Crippen LogP contribution in [0.4, 0.5) is 0 Å². The Balaban J connectivity index is 0. The van der Waals surface area contributed by atoms with Crippen LogP contribution >= 0.6 is 0 Å². The zero-order valence-electron chi connectivity index (χ0n) is 5.61. The number of hydrogen-bond donors (Lipinski definition) is 0. The molecule has 0 heterocycles. The second-order valence-electron chi connectivity index (χ2n) is 0. The van der Waals surface area contributed by atoms with Gasteiger partial charge in [-0.2, -0.15) is 0 Å². The van der Waals surface area contributed by atoms with E-state index in [2.05, 4.69) is 0 Å². The van der Waals surface area contributed by atoms with Crippen molar-refractivity contribution in [2.24, 2.45) is 0 Å². The van der Waals surface area contributed by atoms with Crippen LogP contribution < -0.4 is 0 Å². The van der Waals surface area contributed by atoms with Gasteiger partial charge < -0.3 is 0 Å². The van der Waals surface area contributed by atoms with Gasteiger partial charge in [0.2, 0.25) is 0 Å². The third-order valence-electron chi connectivity index (χ3n) is 0. The van der Waals surface area contributed by atoms with Crippen LogP contribution in [0.3, 0.4) is 0 Å². The molecule has 0 N–H and O–H groups in total. The van der Waals surface area contributed by atoms with Gasteiger partial charge in [0.05, 0.1) is 0 Å². The minimum absolute atomic E-state index is 0. The molecule has 0 fully saturated rings. The molecule has 0 nitrogen and oxygen atoms in total. The van der Waals surface area contributed by atoms with Gasteiger partial charge in [0.25, 0.3) is 0 Å². The summed E-state index contributed by atoms with van der Waals surface area (Å²) < 4.78 is 0. The van der Waals surface area contributed by atoms with E-state index in [0.29, 0.717) is 0 Å². The van der Waals surface area contributed by atoms with Crippen molar-refractivity contribution in [3.05, 3.63) is 0 Å². The van der Waals surface area contributed by atoms with Gasteiger partial charge in [-0.05, 0) is 0 Å². The summed E-state index contributed by atoms with van der Waals surface area (Å²) in [5, 5.41) is 0. The van der Waals surface area contributed by atoms with E-state index >= 15 is 0 Å². The van der Waals surface area contributed by atoms with Crippen LogP contribution in [0.2, 0.25) is 0 Å². The molecule has 0 aromatic heterocycles. The SMILES string of the molecule is [W].[W].[W].[W].[W].[W].[W].[W].[W].[W].[W].[W].[Zn]. The average molecular weight is 2270 g/mol. The van der Waals surface area contributed by atoms with Crippen LogP contribution in [0, 0.1) is 0 Å². The Kier molecular flexibility index (Phi) is 973. The fourth-order valence-electron chi connectivity index (χ4n) is 0. The molecule has 0 spiro atoms. The first kappa shape index (κ1) is 121. The van der Waals surface area contributed by atoms with Gasteiger partial charge >= 0.3 is 0 Å². The van der Waals surface area contributed by atoms with Crippen molar-refractivity contribution >= 4 is 0 Å². The van der Waals surface area contributed by atoms with E-state index in [9.17, 15) is 0 Å². The molecule has 0 rings (SSSR count). The standard InChI is InChI=1S/12W.Zn. The normalized spacial score (nSPS) is 0. The molecule has 0 unspecified atom stereocenters. The Bertz CT molecular complexity index is 5.09. The molecule has 0 radical (unpaired) electrons. The van der Waals surface area contributed by atoms with E-state index in [1.807, 2.05) is 0 Å². The predicted molar refractivity (Wildman–Crippen MR) is 0 cm³/mol. The Morgan fingerprint density at radius 1 is 0.154 bits per heavy atom. The van der Waals surface area contributed by atoms with Crippen LogP contribution in [0.25, 0.3) is 0 Å². The molecule has 74 valence electrons. The molecule has 0 aromatic carbocycles. The van der Waals surface area contributed by atoms with Gasteiger partial charge in [0, 0.05) is 272 Å².